The van der Waals surface area contributed by atoms with Gasteiger partial charge in [0.2, 0.25) is 0 Å². The minimum Gasteiger partial charge on any atom is -0.494 e. The Hall–Kier alpha value is -1.37. The lowest BCUT2D eigenvalue weighted by molar-refractivity contribution is 0.0367. The van der Waals surface area contributed by atoms with Crippen molar-refractivity contribution in [2.75, 3.05) is 46.0 Å². The van der Waals surface area contributed by atoms with Crippen molar-refractivity contribution < 1.29 is 9.47 Å². The molecule has 152 valence electrons. The molecule has 1 aromatic carbocycles. The smallest absolute Gasteiger partial charge is 0.169 e. The molecule has 0 aliphatic carbocycles. The van der Waals surface area contributed by atoms with Crippen molar-refractivity contribution in [3.05, 3.63) is 29.8 Å². The van der Waals surface area contributed by atoms with E-state index in [9.17, 15) is 0 Å². The molecular formula is C21H35N3O2S. The summed E-state index contributed by atoms with van der Waals surface area (Å²) in [5, 5.41) is 4.28. The van der Waals surface area contributed by atoms with E-state index in [1.165, 1.54) is 5.56 Å². The summed E-state index contributed by atoms with van der Waals surface area (Å²) in [6, 6.07) is 8.31. The molecule has 2 rings (SSSR count). The van der Waals surface area contributed by atoms with Gasteiger partial charge in [-0.15, -0.1) is 0 Å². The number of benzene rings is 1. The van der Waals surface area contributed by atoms with Crippen LogP contribution in [0.5, 0.6) is 5.75 Å². The Morgan fingerprint density at radius 2 is 1.89 bits per heavy atom. The third-order valence-corrected chi connectivity index (χ3v) is 4.74. The predicted molar refractivity (Wildman–Crippen MR) is 115 cm³/mol. The average molecular weight is 394 g/mol. The second kappa shape index (κ2) is 10.8. The monoisotopic (exact) mass is 393 g/mol. The zero-order chi connectivity index (χ0) is 19.7. The molecule has 6 heteroatoms. The Labute approximate surface area is 170 Å². The van der Waals surface area contributed by atoms with E-state index in [-0.39, 0.29) is 5.54 Å². The van der Waals surface area contributed by atoms with Crippen molar-refractivity contribution in [3.63, 3.8) is 0 Å². The topological polar surface area (TPSA) is 37.0 Å². The molecule has 1 aliphatic rings. The summed E-state index contributed by atoms with van der Waals surface area (Å²) in [7, 11) is 0. The van der Waals surface area contributed by atoms with Gasteiger partial charge in [0.15, 0.2) is 5.11 Å². The first-order valence-electron chi connectivity index (χ1n) is 9.96. The molecule has 0 atom stereocenters. The Kier molecular flexibility index (Phi) is 8.80. The highest BCUT2D eigenvalue weighted by atomic mass is 32.1. The van der Waals surface area contributed by atoms with E-state index < -0.39 is 0 Å². The second-order valence-electron chi connectivity index (χ2n) is 7.99. The van der Waals surface area contributed by atoms with Gasteiger partial charge in [-0.3, -0.25) is 4.90 Å². The highest BCUT2D eigenvalue weighted by molar-refractivity contribution is 7.80. The van der Waals surface area contributed by atoms with Crippen molar-refractivity contribution in [1.29, 1.82) is 0 Å². The van der Waals surface area contributed by atoms with Crippen LogP contribution in [-0.2, 0) is 11.3 Å². The molecular weight excluding hydrogens is 358 g/mol. The highest BCUT2D eigenvalue weighted by Crippen LogP contribution is 2.15. The SMILES string of the molecule is CCOc1ccc(CN(CCCN2CCOCC2)C(=S)NC(C)(C)C)cc1. The maximum Gasteiger partial charge on any atom is 0.169 e. The van der Waals surface area contributed by atoms with Crippen LogP contribution >= 0.6 is 12.2 Å². The summed E-state index contributed by atoms with van der Waals surface area (Å²) < 4.78 is 11.0. The van der Waals surface area contributed by atoms with Gasteiger partial charge in [0, 0.05) is 38.3 Å². The lowest BCUT2D eigenvalue weighted by atomic mass is 10.1. The van der Waals surface area contributed by atoms with Crippen LogP contribution in [0.2, 0.25) is 0 Å². The molecule has 0 radical (unpaired) electrons. The molecule has 1 aliphatic heterocycles. The number of ether oxygens (including phenoxy) is 2. The van der Waals surface area contributed by atoms with E-state index >= 15 is 0 Å². The van der Waals surface area contributed by atoms with Gasteiger partial charge >= 0.3 is 0 Å². The number of hydrogen-bond acceptors (Lipinski definition) is 4. The quantitative estimate of drug-likeness (QED) is 0.683. The molecule has 0 unspecified atom stereocenters. The molecule has 1 saturated heterocycles. The fourth-order valence-corrected chi connectivity index (χ4v) is 3.50. The average Bonchev–Trinajstić information content (AvgIpc) is 2.62. The summed E-state index contributed by atoms with van der Waals surface area (Å²) in [5.41, 5.74) is 1.20. The number of rotatable bonds is 8. The first-order valence-corrected chi connectivity index (χ1v) is 10.4. The van der Waals surface area contributed by atoms with Gasteiger partial charge in [-0.2, -0.15) is 0 Å². The Morgan fingerprint density at radius 1 is 1.22 bits per heavy atom. The van der Waals surface area contributed by atoms with Gasteiger partial charge in [0.1, 0.15) is 5.75 Å². The Morgan fingerprint density at radius 3 is 2.48 bits per heavy atom. The minimum atomic E-state index is -0.0433. The molecule has 0 saturated carbocycles. The first kappa shape index (κ1) is 21.9. The van der Waals surface area contributed by atoms with Crippen molar-refractivity contribution in [2.45, 2.75) is 46.2 Å². The summed E-state index contributed by atoms with van der Waals surface area (Å²) in [5.74, 6) is 0.913. The number of morpholine rings is 1. The van der Waals surface area contributed by atoms with Crippen molar-refractivity contribution in [2.24, 2.45) is 0 Å². The molecule has 0 bridgehead atoms. The van der Waals surface area contributed by atoms with Crippen LogP contribution in [0.1, 0.15) is 39.7 Å². The third-order valence-electron chi connectivity index (χ3n) is 4.38. The van der Waals surface area contributed by atoms with E-state index in [1.54, 1.807) is 0 Å². The van der Waals surface area contributed by atoms with Crippen molar-refractivity contribution >= 4 is 17.3 Å². The van der Waals surface area contributed by atoms with Crippen LogP contribution in [0.4, 0.5) is 0 Å². The zero-order valence-corrected chi connectivity index (χ0v) is 18.1. The highest BCUT2D eigenvalue weighted by Gasteiger charge is 2.17. The van der Waals surface area contributed by atoms with E-state index in [4.69, 9.17) is 21.7 Å². The van der Waals surface area contributed by atoms with Gasteiger partial charge in [0.05, 0.1) is 19.8 Å². The lowest BCUT2D eigenvalue weighted by Gasteiger charge is -2.32. The summed E-state index contributed by atoms with van der Waals surface area (Å²) >= 11 is 5.72. The first-order chi connectivity index (χ1) is 12.9. The van der Waals surface area contributed by atoms with Crippen molar-refractivity contribution in [3.8, 4) is 5.75 Å². The molecule has 27 heavy (non-hydrogen) atoms. The van der Waals surface area contributed by atoms with E-state index in [1.807, 2.05) is 19.1 Å². The third kappa shape index (κ3) is 8.45. The molecule has 1 fully saturated rings. The largest absolute Gasteiger partial charge is 0.494 e. The van der Waals surface area contributed by atoms with Crippen molar-refractivity contribution in [1.82, 2.24) is 15.1 Å². The minimum absolute atomic E-state index is 0.0433. The van der Waals surface area contributed by atoms with E-state index in [0.29, 0.717) is 6.61 Å². The van der Waals surface area contributed by atoms with Gasteiger partial charge < -0.3 is 19.7 Å². The fraction of sp³-hybridized carbons (Fsp3) is 0.667. The fourth-order valence-electron chi connectivity index (χ4n) is 3.04. The number of thiocarbonyl (C=S) groups is 1. The van der Waals surface area contributed by atoms with E-state index in [2.05, 4.69) is 48.0 Å². The molecule has 5 nitrogen and oxygen atoms in total. The Bertz CT molecular complexity index is 566. The van der Waals surface area contributed by atoms with Gasteiger partial charge in [-0.1, -0.05) is 12.1 Å². The standard InChI is InChI=1S/C21H35N3O2S/c1-5-26-19-9-7-18(8-10-19)17-24(20(27)22-21(2,3)4)12-6-11-23-13-15-25-16-14-23/h7-10H,5-6,11-17H2,1-4H3,(H,22,27). The maximum absolute atomic E-state index is 5.72. The lowest BCUT2D eigenvalue weighted by Crippen LogP contribution is -2.48. The molecule has 0 aromatic heterocycles. The number of nitrogens with one attached hydrogen (secondary N) is 1. The van der Waals surface area contributed by atoms with Gasteiger partial charge in [-0.05, 0) is 64.0 Å². The predicted octanol–water partition coefficient (Wildman–Crippen LogP) is 3.28. The molecule has 0 spiro atoms. The van der Waals surface area contributed by atoms with Crippen LogP contribution in [0.25, 0.3) is 0 Å². The summed E-state index contributed by atoms with van der Waals surface area (Å²) in [6.45, 7) is 15.7. The molecule has 1 aromatic rings. The van der Waals surface area contributed by atoms with Crippen LogP contribution in [-0.4, -0.2) is 66.5 Å². The number of nitrogens with zero attached hydrogens (tertiary/aromatic N) is 2. The Balaban J connectivity index is 1.94. The van der Waals surface area contributed by atoms with Crippen LogP contribution in [0, 0.1) is 0 Å². The van der Waals surface area contributed by atoms with Crippen LogP contribution < -0.4 is 10.1 Å². The normalized spacial score (nSPS) is 15.4. The number of hydrogen-bond donors (Lipinski definition) is 1. The van der Waals surface area contributed by atoms with E-state index in [0.717, 1.165) is 63.2 Å². The van der Waals surface area contributed by atoms with Gasteiger partial charge in [-0.25, -0.2) is 0 Å². The maximum atomic E-state index is 5.72. The zero-order valence-electron chi connectivity index (χ0n) is 17.3. The molecule has 1 N–H and O–H groups in total. The second-order valence-corrected chi connectivity index (χ2v) is 8.37. The summed E-state index contributed by atoms with van der Waals surface area (Å²) in [4.78, 5) is 4.75. The molecule has 0 amide bonds. The molecule has 1 heterocycles. The van der Waals surface area contributed by atoms with Crippen LogP contribution in [0.3, 0.4) is 0 Å². The van der Waals surface area contributed by atoms with Crippen LogP contribution in [0.15, 0.2) is 24.3 Å². The van der Waals surface area contributed by atoms with Gasteiger partial charge in [0.25, 0.3) is 0 Å². The summed E-state index contributed by atoms with van der Waals surface area (Å²) in [6.07, 6.45) is 1.09.